The molecule has 0 radical (unpaired) electrons. The number of hydrogen-bond acceptors (Lipinski definition) is 1. The molecule has 0 atom stereocenters. The molecule has 2 aliphatic rings. The highest BCUT2D eigenvalue weighted by molar-refractivity contribution is 4.99. The summed E-state index contributed by atoms with van der Waals surface area (Å²) in [5.74, 6) is 1.03. The van der Waals surface area contributed by atoms with E-state index in [4.69, 9.17) is 0 Å². The van der Waals surface area contributed by atoms with Crippen LogP contribution in [0.1, 0.15) is 58.8 Å². The van der Waals surface area contributed by atoms with Gasteiger partial charge in [0.05, 0.1) is 0 Å². The zero-order valence-electron chi connectivity index (χ0n) is 9.10. The van der Waals surface area contributed by atoms with Gasteiger partial charge in [-0.15, -0.1) is 0 Å². The van der Waals surface area contributed by atoms with E-state index in [1.807, 2.05) is 0 Å². The molecule has 13 heavy (non-hydrogen) atoms. The van der Waals surface area contributed by atoms with Crippen LogP contribution in [0.4, 0.5) is 0 Å². The van der Waals surface area contributed by atoms with Crippen molar-refractivity contribution >= 4 is 0 Å². The van der Waals surface area contributed by atoms with Crippen LogP contribution in [0.25, 0.3) is 0 Å². The quantitative estimate of drug-likeness (QED) is 0.705. The predicted octanol–water partition coefficient (Wildman–Crippen LogP) is 3.10. The van der Waals surface area contributed by atoms with Crippen molar-refractivity contribution in [3.63, 3.8) is 0 Å². The van der Waals surface area contributed by atoms with Gasteiger partial charge in [0.1, 0.15) is 0 Å². The van der Waals surface area contributed by atoms with Crippen molar-refractivity contribution in [1.82, 2.24) is 5.32 Å². The fourth-order valence-corrected chi connectivity index (χ4v) is 2.54. The molecule has 0 aromatic carbocycles. The first-order chi connectivity index (χ1) is 6.22. The highest BCUT2D eigenvalue weighted by Gasteiger charge is 2.39. The van der Waals surface area contributed by atoms with Crippen LogP contribution in [-0.4, -0.2) is 11.6 Å². The van der Waals surface area contributed by atoms with E-state index in [0.717, 1.165) is 12.0 Å². The average Bonchev–Trinajstić information content (AvgIpc) is 2.85. The summed E-state index contributed by atoms with van der Waals surface area (Å²) in [5, 5.41) is 3.81. The lowest BCUT2D eigenvalue weighted by atomic mass is 9.84. The van der Waals surface area contributed by atoms with E-state index >= 15 is 0 Å². The van der Waals surface area contributed by atoms with Gasteiger partial charge in [0.15, 0.2) is 0 Å². The average molecular weight is 181 g/mol. The molecule has 2 fully saturated rings. The summed E-state index contributed by atoms with van der Waals surface area (Å²) in [4.78, 5) is 0. The summed E-state index contributed by atoms with van der Waals surface area (Å²) >= 11 is 0. The Bertz CT molecular complexity index is 164. The van der Waals surface area contributed by atoms with Gasteiger partial charge in [0, 0.05) is 11.6 Å². The molecular formula is C12H23N. The van der Waals surface area contributed by atoms with E-state index in [9.17, 15) is 0 Å². The van der Waals surface area contributed by atoms with Crippen LogP contribution in [0.2, 0.25) is 0 Å². The van der Waals surface area contributed by atoms with Crippen LogP contribution in [0.3, 0.4) is 0 Å². The standard InChI is InChI=1S/C12H23N/c1-3-10-4-6-11(7-5-10)13-12(2)8-9-12/h10-11,13H,3-9H2,1-2H3. The maximum absolute atomic E-state index is 3.81. The van der Waals surface area contributed by atoms with Crippen molar-refractivity contribution in [3.05, 3.63) is 0 Å². The Hall–Kier alpha value is -0.0400. The summed E-state index contributed by atoms with van der Waals surface area (Å²) in [7, 11) is 0. The Morgan fingerprint density at radius 2 is 1.77 bits per heavy atom. The Balaban J connectivity index is 1.72. The third-order valence-corrected chi connectivity index (χ3v) is 3.98. The number of rotatable bonds is 3. The minimum Gasteiger partial charge on any atom is -0.309 e. The largest absolute Gasteiger partial charge is 0.309 e. The molecule has 2 aliphatic carbocycles. The maximum Gasteiger partial charge on any atom is 0.0157 e. The van der Waals surface area contributed by atoms with Crippen LogP contribution in [0.15, 0.2) is 0 Å². The van der Waals surface area contributed by atoms with Crippen LogP contribution >= 0.6 is 0 Å². The van der Waals surface area contributed by atoms with Gasteiger partial charge in [-0.25, -0.2) is 0 Å². The van der Waals surface area contributed by atoms with Crippen molar-refractivity contribution in [3.8, 4) is 0 Å². The smallest absolute Gasteiger partial charge is 0.0157 e. The van der Waals surface area contributed by atoms with Crippen LogP contribution in [0, 0.1) is 5.92 Å². The van der Waals surface area contributed by atoms with E-state index in [2.05, 4.69) is 19.2 Å². The monoisotopic (exact) mass is 181 g/mol. The molecule has 1 N–H and O–H groups in total. The molecule has 0 aromatic heterocycles. The summed E-state index contributed by atoms with van der Waals surface area (Å²) in [5.41, 5.74) is 0.545. The Labute approximate surface area is 82.3 Å². The zero-order chi connectivity index (χ0) is 9.31. The SMILES string of the molecule is CCC1CCC(NC2(C)CC2)CC1. The predicted molar refractivity (Wildman–Crippen MR) is 56.8 cm³/mol. The van der Waals surface area contributed by atoms with Crippen LogP contribution in [-0.2, 0) is 0 Å². The second-order valence-electron chi connectivity index (χ2n) is 5.33. The summed E-state index contributed by atoms with van der Waals surface area (Å²) in [6.45, 7) is 4.71. The minimum atomic E-state index is 0.545. The molecule has 2 rings (SSSR count). The minimum absolute atomic E-state index is 0.545. The van der Waals surface area contributed by atoms with E-state index in [-0.39, 0.29) is 0 Å². The van der Waals surface area contributed by atoms with Gasteiger partial charge in [-0.05, 0) is 51.4 Å². The molecule has 0 aliphatic heterocycles. The fraction of sp³-hybridized carbons (Fsp3) is 1.00. The summed E-state index contributed by atoms with van der Waals surface area (Å²) in [6, 6.07) is 0.843. The van der Waals surface area contributed by atoms with E-state index in [0.29, 0.717) is 5.54 Å². The Kier molecular flexibility index (Phi) is 2.64. The van der Waals surface area contributed by atoms with Gasteiger partial charge in [0.2, 0.25) is 0 Å². The molecule has 0 aromatic rings. The van der Waals surface area contributed by atoms with Gasteiger partial charge in [-0.2, -0.15) is 0 Å². The molecule has 1 heteroatoms. The Morgan fingerprint density at radius 1 is 1.15 bits per heavy atom. The van der Waals surface area contributed by atoms with Crippen LogP contribution in [0.5, 0.6) is 0 Å². The topological polar surface area (TPSA) is 12.0 Å². The molecule has 0 heterocycles. The first-order valence-electron chi connectivity index (χ1n) is 5.99. The normalized spacial score (nSPS) is 37.4. The number of nitrogens with one attached hydrogen (secondary N) is 1. The van der Waals surface area contributed by atoms with Crippen molar-refractivity contribution < 1.29 is 0 Å². The van der Waals surface area contributed by atoms with Crippen molar-refractivity contribution in [2.45, 2.75) is 70.4 Å². The van der Waals surface area contributed by atoms with E-state index in [1.54, 1.807) is 0 Å². The Morgan fingerprint density at radius 3 is 2.23 bits per heavy atom. The second-order valence-corrected chi connectivity index (χ2v) is 5.33. The third-order valence-electron chi connectivity index (χ3n) is 3.98. The lowest BCUT2D eigenvalue weighted by molar-refractivity contribution is 0.267. The summed E-state index contributed by atoms with van der Waals surface area (Å²) in [6.07, 6.45) is 9.97. The molecule has 0 unspecified atom stereocenters. The van der Waals surface area contributed by atoms with Gasteiger partial charge in [0.25, 0.3) is 0 Å². The zero-order valence-corrected chi connectivity index (χ0v) is 9.10. The summed E-state index contributed by atoms with van der Waals surface area (Å²) < 4.78 is 0. The van der Waals surface area contributed by atoms with Crippen molar-refractivity contribution in [1.29, 1.82) is 0 Å². The van der Waals surface area contributed by atoms with E-state index in [1.165, 1.54) is 44.9 Å². The van der Waals surface area contributed by atoms with Crippen molar-refractivity contribution in [2.75, 3.05) is 0 Å². The molecule has 1 nitrogen and oxygen atoms in total. The fourth-order valence-electron chi connectivity index (χ4n) is 2.54. The molecule has 0 bridgehead atoms. The maximum atomic E-state index is 3.81. The molecule has 0 spiro atoms. The highest BCUT2D eigenvalue weighted by atomic mass is 15.0. The molecule has 0 amide bonds. The molecule has 76 valence electrons. The third kappa shape index (κ3) is 2.46. The van der Waals surface area contributed by atoms with Gasteiger partial charge < -0.3 is 5.32 Å². The first-order valence-corrected chi connectivity index (χ1v) is 5.99. The van der Waals surface area contributed by atoms with Crippen molar-refractivity contribution in [2.24, 2.45) is 5.92 Å². The van der Waals surface area contributed by atoms with E-state index < -0.39 is 0 Å². The lowest BCUT2D eigenvalue weighted by Crippen LogP contribution is -2.40. The van der Waals surface area contributed by atoms with Gasteiger partial charge in [-0.1, -0.05) is 13.3 Å². The lowest BCUT2D eigenvalue weighted by Gasteiger charge is -2.30. The highest BCUT2D eigenvalue weighted by Crippen LogP contribution is 2.37. The second kappa shape index (κ2) is 3.61. The van der Waals surface area contributed by atoms with Crippen LogP contribution < -0.4 is 5.32 Å². The molecule has 2 saturated carbocycles. The molecular weight excluding hydrogens is 158 g/mol. The van der Waals surface area contributed by atoms with Gasteiger partial charge in [-0.3, -0.25) is 0 Å². The first kappa shape index (κ1) is 9.51. The van der Waals surface area contributed by atoms with Gasteiger partial charge >= 0.3 is 0 Å². The number of hydrogen-bond donors (Lipinski definition) is 1. The molecule has 0 saturated heterocycles.